The van der Waals surface area contributed by atoms with Gasteiger partial charge in [0.1, 0.15) is 13.2 Å². The Morgan fingerprint density at radius 3 is 2.61 bits per heavy atom. The quantitative estimate of drug-likeness (QED) is 0.347. The van der Waals surface area contributed by atoms with Crippen molar-refractivity contribution < 1.29 is 9.57 Å². The van der Waals surface area contributed by atoms with Crippen LogP contribution >= 0.6 is 0 Å². The third-order valence-corrected chi connectivity index (χ3v) is 5.06. The number of ether oxygens (including phenoxy) is 1. The predicted molar refractivity (Wildman–Crippen MR) is 119 cm³/mol. The third-order valence-electron chi connectivity index (χ3n) is 5.06. The molecule has 0 amide bonds. The Bertz CT molecular complexity index is 1060. The topological polar surface area (TPSA) is 108 Å². The Morgan fingerprint density at radius 2 is 1.97 bits per heavy atom. The lowest BCUT2D eigenvalue weighted by Gasteiger charge is -2.13. The molecular weight excluding hydrogens is 398 g/mol. The summed E-state index contributed by atoms with van der Waals surface area (Å²) >= 11 is 0. The summed E-state index contributed by atoms with van der Waals surface area (Å²) in [6, 6.07) is 5.63. The maximum Gasteiger partial charge on any atom is 0.368 e. The van der Waals surface area contributed by atoms with Crippen LogP contribution in [0, 0.1) is 12.8 Å². The van der Waals surface area contributed by atoms with Gasteiger partial charge >= 0.3 is 5.69 Å². The highest BCUT2D eigenvalue weighted by Crippen LogP contribution is 2.28. The Morgan fingerprint density at radius 1 is 1.19 bits per heavy atom. The van der Waals surface area contributed by atoms with Gasteiger partial charge in [-0.3, -0.25) is 0 Å². The van der Waals surface area contributed by atoms with Crippen LogP contribution in [-0.4, -0.2) is 43.7 Å². The molecular formula is C21H29N7O3. The molecule has 0 aliphatic heterocycles. The van der Waals surface area contributed by atoms with E-state index in [4.69, 9.17) is 9.57 Å². The average molecular weight is 428 g/mol. The minimum Gasteiger partial charge on any atom is -0.475 e. The number of rotatable bonds is 9. The van der Waals surface area contributed by atoms with Crippen LogP contribution in [0.4, 0.5) is 0 Å². The molecule has 166 valence electrons. The van der Waals surface area contributed by atoms with Gasteiger partial charge in [0.15, 0.2) is 0 Å². The largest absolute Gasteiger partial charge is 0.475 e. The molecule has 31 heavy (non-hydrogen) atoms. The van der Waals surface area contributed by atoms with Gasteiger partial charge in [-0.25, -0.2) is 4.79 Å². The Balaban J connectivity index is 1.71. The van der Waals surface area contributed by atoms with Crippen LogP contribution in [0.5, 0.6) is 0 Å². The van der Waals surface area contributed by atoms with Gasteiger partial charge in [0.05, 0.1) is 17.1 Å². The van der Waals surface area contributed by atoms with Crippen LogP contribution in [-0.2, 0) is 23.2 Å². The first-order valence-electron chi connectivity index (χ1n) is 10.4. The molecule has 1 aliphatic carbocycles. The maximum atomic E-state index is 12.3. The zero-order valence-corrected chi connectivity index (χ0v) is 18.7. The number of hydrogen-bond donors (Lipinski definition) is 0. The van der Waals surface area contributed by atoms with Crippen LogP contribution in [0.1, 0.15) is 51.2 Å². The van der Waals surface area contributed by atoms with Gasteiger partial charge in [-0.15, -0.1) is 5.10 Å². The van der Waals surface area contributed by atoms with Crippen molar-refractivity contribution in [3.05, 3.63) is 39.8 Å². The highest BCUT2D eigenvalue weighted by atomic mass is 16.6. The summed E-state index contributed by atoms with van der Waals surface area (Å²) in [7, 11) is 1.56. The first kappa shape index (κ1) is 22.4. The molecule has 0 N–H and O–H groups in total. The van der Waals surface area contributed by atoms with Gasteiger partial charge in [-0.1, -0.05) is 24.2 Å². The smallest absolute Gasteiger partial charge is 0.368 e. The highest BCUT2D eigenvalue weighted by molar-refractivity contribution is 6.40. The van der Waals surface area contributed by atoms with E-state index in [0.717, 1.165) is 11.1 Å². The molecule has 10 nitrogen and oxygen atoms in total. The zero-order valence-electron chi connectivity index (χ0n) is 18.7. The molecule has 0 bridgehead atoms. The van der Waals surface area contributed by atoms with E-state index in [9.17, 15) is 4.79 Å². The fourth-order valence-electron chi connectivity index (χ4n) is 2.69. The van der Waals surface area contributed by atoms with E-state index in [0.29, 0.717) is 42.0 Å². The Hall–Kier alpha value is -3.30. The SMILES string of the molecule is CCC(=NN=C(C)C(C)=NOCC1CC1)OCc1c(C)cccc1-n1nnn(C)c1=O. The monoisotopic (exact) mass is 427 g/mol. The standard InChI is InChI=1S/C21H29N7O3/c1-6-20(23-22-15(3)16(4)24-31-12-17-10-11-17)30-13-18-14(2)8-7-9-19(18)28-21(29)27(5)25-26-28/h7-9,17H,6,10-13H2,1-5H3. The number of aryl methyl sites for hydroxylation is 2. The van der Waals surface area contributed by atoms with Gasteiger partial charge < -0.3 is 9.57 Å². The van der Waals surface area contributed by atoms with Crippen molar-refractivity contribution in [2.75, 3.05) is 6.61 Å². The number of nitrogens with zero attached hydrogens (tertiary/aromatic N) is 7. The molecule has 0 spiro atoms. The molecule has 0 unspecified atom stereocenters. The molecule has 0 saturated heterocycles. The molecule has 1 aromatic carbocycles. The number of oxime groups is 1. The molecule has 10 heteroatoms. The van der Waals surface area contributed by atoms with Gasteiger partial charge in [0.25, 0.3) is 0 Å². The molecule has 0 atom stereocenters. The summed E-state index contributed by atoms with van der Waals surface area (Å²) in [6.07, 6.45) is 3.01. The van der Waals surface area contributed by atoms with Crippen LogP contribution in [0.25, 0.3) is 5.69 Å². The summed E-state index contributed by atoms with van der Waals surface area (Å²) in [5, 5.41) is 20.3. The Kier molecular flexibility index (Phi) is 7.32. The lowest BCUT2D eigenvalue weighted by atomic mass is 10.1. The van der Waals surface area contributed by atoms with Gasteiger partial charge in [0.2, 0.25) is 5.90 Å². The lowest BCUT2D eigenvalue weighted by molar-refractivity contribution is 0.134. The van der Waals surface area contributed by atoms with E-state index in [2.05, 4.69) is 25.8 Å². The number of aromatic nitrogens is 4. The second-order valence-electron chi connectivity index (χ2n) is 7.61. The normalized spacial score (nSPS) is 15.3. The lowest BCUT2D eigenvalue weighted by Crippen LogP contribution is -2.23. The molecule has 1 fully saturated rings. The molecule has 0 radical (unpaired) electrons. The van der Waals surface area contributed by atoms with Gasteiger partial charge in [-0.05, 0) is 61.6 Å². The van der Waals surface area contributed by atoms with Crippen LogP contribution in [0.2, 0.25) is 0 Å². The van der Waals surface area contributed by atoms with E-state index in [-0.39, 0.29) is 12.3 Å². The second kappa shape index (κ2) is 10.1. The first-order valence-corrected chi connectivity index (χ1v) is 10.4. The van der Waals surface area contributed by atoms with Crippen molar-refractivity contribution >= 4 is 17.3 Å². The number of benzene rings is 1. The molecule has 2 aromatic rings. The average Bonchev–Trinajstić information content (AvgIpc) is 3.52. The van der Waals surface area contributed by atoms with Crippen LogP contribution in [0.3, 0.4) is 0 Å². The van der Waals surface area contributed by atoms with Crippen molar-refractivity contribution in [1.29, 1.82) is 0 Å². The number of hydrogen-bond acceptors (Lipinski definition) is 8. The summed E-state index contributed by atoms with van der Waals surface area (Å²) < 4.78 is 8.36. The van der Waals surface area contributed by atoms with Crippen molar-refractivity contribution in [1.82, 2.24) is 19.8 Å². The van der Waals surface area contributed by atoms with E-state index in [1.807, 2.05) is 45.9 Å². The third kappa shape index (κ3) is 5.87. The number of tetrazole rings is 1. The van der Waals surface area contributed by atoms with E-state index < -0.39 is 0 Å². The second-order valence-corrected chi connectivity index (χ2v) is 7.61. The van der Waals surface area contributed by atoms with E-state index in [1.54, 1.807) is 7.05 Å². The van der Waals surface area contributed by atoms with Crippen LogP contribution in [0.15, 0.2) is 38.4 Å². The predicted octanol–water partition coefficient (Wildman–Crippen LogP) is 2.78. The fourth-order valence-corrected chi connectivity index (χ4v) is 2.69. The highest BCUT2D eigenvalue weighted by Gasteiger charge is 2.22. The molecule has 1 aromatic heterocycles. The molecule has 1 saturated carbocycles. The summed E-state index contributed by atoms with van der Waals surface area (Å²) in [6.45, 7) is 8.45. The van der Waals surface area contributed by atoms with E-state index in [1.165, 1.54) is 22.2 Å². The maximum absolute atomic E-state index is 12.3. The summed E-state index contributed by atoms with van der Waals surface area (Å²) in [5.74, 6) is 1.13. The molecule has 1 heterocycles. The van der Waals surface area contributed by atoms with Gasteiger partial charge in [0, 0.05) is 19.0 Å². The van der Waals surface area contributed by atoms with Crippen molar-refractivity contribution in [2.24, 2.45) is 28.3 Å². The first-order chi connectivity index (χ1) is 14.9. The minimum atomic E-state index is -0.324. The van der Waals surface area contributed by atoms with Crippen molar-refractivity contribution in [3.63, 3.8) is 0 Å². The molecule has 3 rings (SSSR count). The minimum absolute atomic E-state index is 0.226. The zero-order chi connectivity index (χ0) is 22.4. The van der Waals surface area contributed by atoms with Crippen molar-refractivity contribution in [2.45, 2.75) is 53.6 Å². The summed E-state index contributed by atoms with van der Waals surface area (Å²) in [5.41, 5.74) is 3.45. The Labute approximate surface area is 181 Å². The molecule has 1 aliphatic rings. The fraction of sp³-hybridized carbons (Fsp3) is 0.524. The van der Waals surface area contributed by atoms with E-state index >= 15 is 0 Å². The summed E-state index contributed by atoms with van der Waals surface area (Å²) in [4.78, 5) is 17.6. The van der Waals surface area contributed by atoms with Crippen molar-refractivity contribution in [3.8, 4) is 5.69 Å². The van der Waals surface area contributed by atoms with Crippen LogP contribution < -0.4 is 5.69 Å². The van der Waals surface area contributed by atoms with Gasteiger partial charge in [-0.2, -0.15) is 14.5 Å².